The molecule has 0 atom stereocenters. The van der Waals surface area contributed by atoms with E-state index in [1.807, 2.05) is 0 Å². The Kier molecular flexibility index (Phi) is 6.32. The lowest BCUT2D eigenvalue weighted by atomic mass is 10.2. The van der Waals surface area contributed by atoms with Crippen LogP contribution in [0.5, 0.6) is 0 Å². The second-order valence-electron chi connectivity index (χ2n) is 4.25. The standard InChI is InChI=1S/C13H21N3O2/c1-16(7-3-2-4-8-17)13(18)11-5-6-15-12(9-11)10-14/h5-6,9,17H,2-4,7-8,10,14H2,1H3. The third-order valence-electron chi connectivity index (χ3n) is 2.77. The van der Waals surface area contributed by atoms with Gasteiger partial charge in [0.25, 0.3) is 5.91 Å². The molecule has 0 aliphatic heterocycles. The van der Waals surface area contributed by atoms with Crippen molar-refractivity contribution in [1.82, 2.24) is 9.88 Å². The molecule has 0 spiro atoms. The first-order valence-electron chi connectivity index (χ1n) is 6.20. The van der Waals surface area contributed by atoms with Crippen LogP contribution >= 0.6 is 0 Å². The van der Waals surface area contributed by atoms with Crippen LogP contribution in [0.1, 0.15) is 35.3 Å². The Morgan fingerprint density at radius 1 is 1.44 bits per heavy atom. The van der Waals surface area contributed by atoms with Crippen molar-refractivity contribution in [1.29, 1.82) is 0 Å². The molecule has 0 saturated heterocycles. The number of hydrogen-bond donors (Lipinski definition) is 2. The molecule has 1 amide bonds. The van der Waals surface area contributed by atoms with Crippen molar-refractivity contribution in [2.24, 2.45) is 5.73 Å². The summed E-state index contributed by atoms with van der Waals surface area (Å²) in [4.78, 5) is 17.8. The zero-order valence-corrected chi connectivity index (χ0v) is 10.8. The van der Waals surface area contributed by atoms with Gasteiger partial charge in [-0.1, -0.05) is 0 Å². The van der Waals surface area contributed by atoms with E-state index < -0.39 is 0 Å². The molecule has 0 fully saturated rings. The van der Waals surface area contributed by atoms with Gasteiger partial charge >= 0.3 is 0 Å². The number of nitrogens with two attached hydrogens (primary N) is 1. The molecule has 100 valence electrons. The van der Waals surface area contributed by atoms with Crippen LogP contribution in [0.25, 0.3) is 0 Å². The van der Waals surface area contributed by atoms with E-state index in [1.165, 1.54) is 0 Å². The van der Waals surface area contributed by atoms with Crippen molar-refractivity contribution in [2.75, 3.05) is 20.2 Å². The van der Waals surface area contributed by atoms with Crippen LogP contribution in [-0.4, -0.2) is 41.1 Å². The number of hydrogen-bond acceptors (Lipinski definition) is 4. The average Bonchev–Trinajstić information content (AvgIpc) is 2.42. The maximum Gasteiger partial charge on any atom is 0.253 e. The summed E-state index contributed by atoms with van der Waals surface area (Å²) in [5, 5.41) is 8.68. The maximum atomic E-state index is 12.1. The number of nitrogens with zero attached hydrogens (tertiary/aromatic N) is 2. The molecule has 0 aliphatic carbocycles. The lowest BCUT2D eigenvalue weighted by Gasteiger charge is -2.17. The highest BCUT2D eigenvalue weighted by Crippen LogP contribution is 2.06. The fourth-order valence-corrected chi connectivity index (χ4v) is 1.68. The molecule has 1 aromatic heterocycles. The second kappa shape index (κ2) is 7.79. The van der Waals surface area contributed by atoms with Crippen LogP contribution in [0.2, 0.25) is 0 Å². The smallest absolute Gasteiger partial charge is 0.253 e. The SMILES string of the molecule is CN(CCCCCO)C(=O)c1ccnc(CN)c1. The summed E-state index contributed by atoms with van der Waals surface area (Å²) in [5.74, 6) is -0.0175. The molecular formula is C13H21N3O2. The molecule has 3 N–H and O–H groups in total. The predicted octanol–water partition coefficient (Wildman–Crippen LogP) is 0.775. The highest BCUT2D eigenvalue weighted by atomic mass is 16.2. The van der Waals surface area contributed by atoms with Gasteiger partial charge in [-0.05, 0) is 31.4 Å². The fourth-order valence-electron chi connectivity index (χ4n) is 1.68. The first-order chi connectivity index (χ1) is 8.69. The Hall–Kier alpha value is -1.46. The highest BCUT2D eigenvalue weighted by molar-refractivity contribution is 5.94. The first-order valence-corrected chi connectivity index (χ1v) is 6.20. The molecule has 0 saturated carbocycles. The van der Waals surface area contributed by atoms with E-state index >= 15 is 0 Å². The molecule has 18 heavy (non-hydrogen) atoms. The van der Waals surface area contributed by atoms with Crippen LogP contribution < -0.4 is 5.73 Å². The lowest BCUT2D eigenvalue weighted by Crippen LogP contribution is -2.28. The number of carbonyl (C=O) groups excluding carboxylic acids is 1. The minimum atomic E-state index is -0.0175. The Labute approximate surface area is 108 Å². The fraction of sp³-hybridized carbons (Fsp3) is 0.538. The summed E-state index contributed by atoms with van der Waals surface area (Å²) in [6.07, 6.45) is 4.22. The molecular weight excluding hydrogens is 230 g/mol. The van der Waals surface area contributed by atoms with Crippen molar-refractivity contribution in [3.8, 4) is 0 Å². The topological polar surface area (TPSA) is 79.5 Å². The monoisotopic (exact) mass is 251 g/mol. The maximum absolute atomic E-state index is 12.1. The number of aliphatic hydroxyl groups excluding tert-OH is 1. The summed E-state index contributed by atoms with van der Waals surface area (Å²) in [7, 11) is 1.78. The van der Waals surface area contributed by atoms with Crippen molar-refractivity contribution < 1.29 is 9.90 Å². The number of carbonyl (C=O) groups is 1. The van der Waals surface area contributed by atoms with Gasteiger partial charge in [0.15, 0.2) is 0 Å². The Bertz CT molecular complexity index is 382. The van der Waals surface area contributed by atoms with Crippen LogP contribution in [0.4, 0.5) is 0 Å². The van der Waals surface area contributed by atoms with Gasteiger partial charge in [0.2, 0.25) is 0 Å². The number of aromatic nitrogens is 1. The third-order valence-corrected chi connectivity index (χ3v) is 2.77. The lowest BCUT2D eigenvalue weighted by molar-refractivity contribution is 0.0792. The van der Waals surface area contributed by atoms with E-state index in [9.17, 15) is 4.79 Å². The van der Waals surface area contributed by atoms with Gasteiger partial charge in [0.1, 0.15) is 0 Å². The molecule has 5 nitrogen and oxygen atoms in total. The highest BCUT2D eigenvalue weighted by Gasteiger charge is 2.11. The third kappa shape index (κ3) is 4.43. The Balaban J connectivity index is 2.51. The summed E-state index contributed by atoms with van der Waals surface area (Å²) < 4.78 is 0. The molecule has 0 aromatic carbocycles. The molecule has 1 aromatic rings. The number of rotatable bonds is 7. The molecule has 0 aliphatic rings. The van der Waals surface area contributed by atoms with Crippen molar-refractivity contribution in [3.63, 3.8) is 0 Å². The van der Waals surface area contributed by atoms with Crippen molar-refractivity contribution >= 4 is 5.91 Å². The van der Waals surface area contributed by atoms with Crippen molar-refractivity contribution in [3.05, 3.63) is 29.6 Å². The number of pyridine rings is 1. The molecule has 1 heterocycles. The van der Waals surface area contributed by atoms with E-state index in [1.54, 1.807) is 30.3 Å². The van der Waals surface area contributed by atoms with Crippen LogP contribution in [0.3, 0.4) is 0 Å². The zero-order chi connectivity index (χ0) is 13.4. The van der Waals surface area contributed by atoms with Gasteiger partial charge in [-0.15, -0.1) is 0 Å². The minimum Gasteiger partial charge on any atom is -0.396 e. The summed E-state index contributed by atoms with van der Waals surface area (Å²) >= 11 is 0. The quantitative estimate of drug-likeness (QED) is 0.702. The number of aliphatic hydroxyl groups is 1. The Morgan fingerprint density at radius 3 is 2.89 bits per heavy atom. The van der Waals surface area contributed by atoms with Gasteiger partial charge in [0.05, 0.1) is 5.69 Å². The molecule has 0 unspecified atom stereocenters. The van der Waals surface area contributed by atoms with Crippen LogP contribution in [-0.2, 0) is 6.54 Å². The van der Waals surface area contributed by atoms with Crippen LogP contribution in [0, 0.1) is 0 Å². The van der Waals surface area contributed by atoms with Gasteiger partial charge < -0.3 is 15.7 Å². The van der Waals surface area contributed by atoms with E-state index in [4.69, 9.17) is 10.8 Å². The largest absolute Gasteiger partial charge is 0.396 e. The summed E-state index contributed by atoms with van der Waals surface area (Å²) in [6, 6.07) is 3.43. The van der Waals surface area contributed by atoms with Gasteiger partial charge in [-0.3, -0.25) is 9.78 Å². The number of unbranched alkanes of at least 4 members (excludes halogenated alkanes) is 2. The van der Waals surface area contributed by atoms with Crippen molar-refractivity contribution in [2.45, 2.75) is 25.8 Å². The molecule has 0 bridgehead atoms. The minimum absolute atomic E-state index is 0.0175. The summed E-state index contributed by atoms with van der Waals surface area (Å²) in [6.45, 7) is 1.24. The van der Waals surface area contributed by atoms with E-state index in [0.29, 0.717) is 18.7 Å². The van der Waals surface area contributed by atoms with Gasteiger partial charge in [-0.25, -0.2) is 0 Å². The summed E-state index contributed by atoms with van der Waals surface area (Å²) in [5.41, 5.74) is 6.84. The molecule has 1 rings (SSSR count). The average molecular weight is 251 g/mol. The molecule has 5 heteroatoms. The van der Waals surface area contributed by atoms with E-state index in [2.05, 4.69) is 4.98 Å². The van der Waals surface area contributed by atoms with Crippen LogP contribution in [0.15, 0.2) is 18.3 Å². The molecule has 0 radical (unpaired) electrons. The normalized spacial score (nSPS) is 10.4. The van der Waals surface area contributed by atoms with Gasteiger partial charge in [-0.2, -0.15) is 0 Å². The predicted molar refractivity (Wildman–Crippen MR) is 70.0 cm³/mol. The number of amides is 1. The first kappa shape index (κ1) is 14.6. The zero-order valence-electron chi connectivity index (χ0n) is 10.8. The van der Waals surface area contributed by atoms with Gasteiger partial charge in [0, 0.05) is 38.5 Å². The Morgan fingerprint density at radius 2 is 2.22 bits per heavy atom. The van der Waals surface area contributed by atoms with E-state index in [0.717, 1.165) is 25.0 Å². The van der Waals surface area contributed by atoms with E-state index in [-0.39, 0.29) is 12.5 Å². The second-order valence-corrected chi connectivity index (χ2v) is 4.25.